The van der Waals surface area contributed by atoms with Crippen molar-refractivity contribution in [1.29, 1.82) is 0 Å². The number of fused-ring (bicyclic) bond motifs is 3. The molecule has 1 fully saturated rings. The molecule has 2 heterocycles. The third-order valence-corrected chi connectivity index (χ3v) is 6.55. The van der Waals surface area contributed by atoms with Crippen LogP contribution in [-0.4, -0.2) is 40.1 Å². The van der Waals surface area contributed by atoms with Gasteiger partial charge in [0.15, 0.2) is 0 Å². The van der Waals surface area contributed by atoms with E-state index in [4.69, 9.17) is 4.74 Å². The van der Waals surface area contributed by atoms with Crippen LogP contribution in [0.25, 0.3) is 0 Å². The number of nitrogens with zero attached hydrogens (tertiary/aromatic N) is 1. The quantitative estimate of drug-likeness (QED) is 0.836. The first-order valence-corrected chi connectivity index (χ1v) is 10.2. The molecule has 2 aliphatic rings. The highest BCUT2D eigenvalue weighted by atomic mass is 32.2. The number of rotatable bonds is 4. The maximum absolute atomic E-state index is 12.9. The summed E-state index contributed by atoms with van der Waals surface area (Å²) in [4.78, 5) is 14.5. The highest BCUT2D eigenvalue weighted by Crippen LogP contribution is 2.37. The van der Waals surface area contributed by atoms with Gasteiger partial charge in [0.1, 0.15) is 16.7 Å². The highest BCUT2D eigenvalue weighted by molar-refractivity contribution is 7.89. The predicted molar refractivity (Wildman–Crippen MR) is 103 cm³/mol. The molecule has 0 aliphatic carbocycles. The third kappa shape index (κ3) is 3.15. The Morgan fingerprint density at radius 3 is 2.78 bits per heavy atom. The predicted octanol–water partition coefficient (Wildman–Crippen LogP) is 1.88. The fourth-order valence-electron chi connectivity index (χ4n) is 3.76. The van der Waals surface area contributed by atoms with Gasteiger partial charge in [0.25, 0.3) is 0 Å². The van der Waals surface area contributed by atoms with Crippen molar-refractivity contribution in [3.8, 4) is 5.75 Å². The number of anilines is 2. The Kier molecular flexibility index (Phi) is 4.32. The first kappa shape index (κ1) is 17.8. The van der Waals surface area contributed by atoms with E-state index in [1.54, 1.807) is 18.2 Å². The SMILES string of the molecule is COc1ccc(C)cc1S(=O)(=O)NC1CC2C(=O)Nc3ccccc3N2C1. The van der Waals surface area contributed by atoms with E-state index in [0.29, 0.717) is 18.7 Å². The van der Waals surface area contributed by atoms with Gasteiger partial charge in [-0.05, 0) is 43.2 Å². The van der Waals surface area contributed by atoms with E-state index in [2.05, 4.69) is 10.0 Å². The molecule has 2 aromatic rings. The molecule has 1 amide bonds. The largest absolute Gasteiger partial charge is 0.495 e. The second-order valence-corrected chi connectivity index (χ2v) is 8.57. The topological polar surface area (TPSA) is 87.7 Å². The summed E-state index contributed by atoms with van der Waals surface area (Å²) in [6.45, 7) is 2.26. The van der Waals surface area contributed by atoms with Crippen molar-refractivity contribution in [1.82, 2.24) is 4.72 Å². The van der Waals surface area contributed by atoms with Crippen molar-refractivity contribution in [3.63, 3.8) is 0 Å². The number of hydrogen-bond donors (Lipinski definition) is 2. The smallest absolute Gasteiger partial charge is 0.247 e. The van der Waals surface area contributed by atoms with Crippen LogP contribution in [0.2, 0.25) is 0 Å². The summed E-state index contributed by atoms with van der Waals surface area (Å²) in [5.41, 5.74) is 2.49. The number of carbonyl (C=O) groups is 1. The molecule has 2 aliphatic heterocycles. The Morgan fingerprint density at radius 1 is 1.22 bits per heavy atom. The second kappa shape index (κ2) is 6.54. The second-order valence-electron chi connectivity index (χ2n) is 6.88. The van der Waals surface area contributed by atoms with Crippen molar-refractivity contribution >= 4 is 27.3 Å². The molecular formula is C19H21N3O4S. The average molecular weight is 387 g/mol. The third-order valence-electron chi connectivity index (χ3n) is 5.01. The zero-order chi connectivity index (χ0) is 19.2. The number of amides is 1. The van der Waals surface area contributed by atoms with Crippen LogP contribution in [-0.2, 0) is 14.8 Å². The minimum absolute atomic E-state index is 0.108. The summed E-state index contributed by atoms with van der Waals surface area (Å²) in [7, 11) is -2.33. The fraction of sp³-hybridized carbons (Fsp3) is 0.316. The molecule has 2 atom stereocenters. The molecule has 1 saturated heterocycles. The van der Waals surface area contributed by atoms with Gasteiger partial charge < -0.3 is 15.0 Å². The molecular weight excluding hydrogens is 366 g/mol. The molecule has 0 radical (unpaired) electrons. The summed E-state index contributed by atoms with van der Waals surface area (Å²) >= 11 is 0. The van der Waals surface area contributed by atoms with E-state index < -0.39 is 10.0 Å². The lowest BCUT2D eigenvalue weighted by atomic mass is 10.1. The summed E-state index contributed by atoms with van der Waals surface area (Å²) in [6, 6.07) is 11.8. The summed E-state index contributed by atoms with van der Waals surface area (Å²) in [6.07, 6.45) is 0.410. The van der Waals surface area contributed by atoms with Crippen LogP contribution in [0, 0.1) is 6.92 Å². The number of nitrogens with one attached hydrogen (secondary N) is 2. The summed E-state index contributed by atoms with van der Waals surface area (Å²) in [5, 5.41) is 2.89. The van der Waals surface area contributed by atoms with E-state index in [9.17, 15) is 13.2 Å². The zero-order valence-electron chi connectivity index (χ0n) is 15.1. The first-order valence-electron chi connectivity index (χ1n) is 8.72. The molecule has 0 spiro atoms. The number of para-hydroxylation sites is 2. The van der Waals surface area contributed by atoms with Crippen LogP contribution >= 0.6 is 0 Å². The van der Waals surface area contributed by atoms with Gasteiger partial charge in [0.2, 0.25) is 15.9 Å². The number of ether oxygens (including phenoxy) is 1. The zero-order valence-corrected chi connectivity index (χ0v) is 15.9. The van der Waals surface area contributed by atoms with Gasteiger partial charge >= 0.3 is 0 Å². The summed E-state index contributed by atoms with van der Waals surface area (Å²) in [5.74, 6) is 0.190. The number of aryl methyl sites for hydroxylation is 1. The van der Waals surface area contributed by atoms with Crippen LogP contribution in [0.4, 0.5) is 11.4 Å². The van der Waals surface area contributed by atoms with Gasteiger partial charge in [0, 0.05) is 12.6 Å². The van der Waals surface area contributed by atoms with Gasteiger partial charge in [-0.3, -0.25) is 4.79 Å². The number of benzene rings is 2. The van der Waals surface area contributed by atoms with E-state index in [-0.39, 0.29) is 22.9 Å². The van der Waals surface area contributed by atoms with Crippen LogP contribution < -0.4 is 19.7 Å². The Balaban J connectivity index is 1.60. The minimum atomic E-state index is -3.78. The minimum Gasteiger partial charge on any atom is -0.495 e. The van der Waals surface area contributed by atoms with Crippen molar-refractivity contribution in [3.05, 3.63) is 48.0 Å². The Morgan fingerprint density at radius 2 is 2.00 bits per heavy atom. The van der Waals surface area contributed by atoms with Crippen LogP contribution in [0.5, 0.6) is 5.75 Å². The van der Waals surface area contributed by atoms with Gasteiger partial charge in [0.05, 0.1) is 18.5 Å². The Bertz CT molecular complexity index is 1010. The molecule has 2 aromatic carbocycles. The van der Waals surface area contributed by atoms with Gasteiger partial charge in [-0.1, -0.05) is 18.2 Å². The van der Waals surface area contributed by atoms with Gasteiger partial charge in [-0.2, -0.15) is 0 Å². The van der Waals surface area contributed by atoms with Crippen molar-refractivity contribution < 1.29 is 17.9 Å². The summed E-state index contributed by atoms with van der Waals surface area (Å²) < 4.78 is 33.9. The molecule has 0 saturated carbocycles. The molecule has 27 heavy (non-hydrogen) atoms. The van der Waals surface area contributed by atoms with Gasteiger partial charge in [-0.15, -0.1) is 0 Å². The number of carbonyl (C=O) groups excluding carboxylic acids is 1. The Hall–Kier alpha value is -2.58. The van der Waals surface area contributed by atoms with E-state index in [1.165, 1.54) is 7.11 Å². The normalized spacial score (nSPS) is 21.4. The molecule has 4 rings (SSSR count). The molecule has 2 N–H and O–H groups in total. The van der Waals surface area contributed by atoms with Crippen molar-refractivity contribution in [2.75, 3.05) is 23.9 Å². The molecule has 2 unspecified atom stereocenters. The van der Waals surface area contributed by atoms with Crippen LogP contribution in [0.15, 0.2) is 47.4 Å². The molecule has 142 valence electrons. The molecule has 0 aromatic heterocycles. The molecule has 7 nitrogen and oxygen atoms in total. The fourth-order valence-corrected chi connectivity index (χ4v) is 5.25. The van der Waals surface area contributed by atoms with Crippen LogP contribution in [0.3, 0.4) is 0 Å². The maximum Gasteiger partial charge on any atom is 0.247 e. The number of methoxy groups -OCH3 is 1. The van der Waals surface area contributed by atoms with E-state index in [0.717, 1.165) is 16.9 Å². The standard InChI is InChI=1S/C19H21N3O4S/c1-12-7-8-17(26-2)18(9-12)27(24,25)21-13-10-16-19(23)20-14-5-3-4-6-15(14)22(16)11-13/h3-9,13,16,21H,10-11H2,1-2H3,(H,20,23). The lowest BCUT2D eigenvalue weighted by Crippen LogP contribution is -2.44. The average Bonchev–Trinajstić information content (AvgIpc) is 3.05. The van der Waals surface area contributed by atoms with Crippen LogP contribution in [0.1, 0.15) is 12.0 Å². The lowest BCUT2D eigenvalue weighted by Gasteiger charge is -2.32. The molecule has 0 bridgehead atoms. The van der Waals surface area contributed by atoms with Crippen molar-refractivity contribution in [2.45, 2.75) is 30.3 Å². The van der Waals surface area contributed by atoms with E-state index in [1.807, 2.05) is 36.1 Å². The monoisotopic (exact) mass is 387 g/mol. The first-order chi connectivity index (χ1) is 12.9. The highest BCUT2D eigenvalue weighted by Gasteiger charge is 2.42. The molecule has 8 heteroatoms. The number of sulfonamides is 1. The maximum atomic E-state index is 12.9. The van der Waals surface area contributed by atoms with Crippen molar-refractivity contribution in [2.24, 2.45) is 0 Å². The number of hydrogen-bond acceptors (Lipinski definition) is 5. The lowest BCUT2D eigenvalue weighted by molar-refractivity contribution is -0.117. The Labute approximate surface area is 158 Å². The van der Waals surface area contributed by atoms with Gasteiger partial charge in [-0.25, -0.2) is 13.1 Å². The van der Waals surface area contributed by atoms with E-state index >= 15 is 0 Å².